The summed E-state index contributed by atoms with van der Waals surface area (Å²) in [6, 6.07) is 19.5. The monoisotopic (exact) mass is 418 g/mol. The summed E-state index contributed by atoms with van der Waals surface area (Å²) in [7, 11) is 0. The van der Waals surface area contributed by atoms with Crippen LogP contribution in [0.3, 0.4) is 0 Å². The molecule has 0 saturated heterocycles. The molecule has 0 radical (unpaired) electrons. The van der Waals surface area contributed by atoms with Gasteiger partial charge in [0.25, 0.3) is 0 Å². The molecule has 0 atom stereocenters. The molecule has 148 valence electrons. The Bertz CT molecular complexity index is 1470. The van der Waals surface area contributed by atoms with E-state index in [4.69, 9.17) is 11.6 Å². The third kappa shape index (κ3) is 3.06. The fourth-order valence-corrected chi connectivity index (χ4v) is 3.76. The van der Waals surface area contributed by atoms with Gasteiger partial charge in [-0.05, 0) is 36.8 Å². The predicted octanol–water partition coefficient (Wildman–Crippen LogP) is 4.86. The van der Waals surface area contributed by atoms with Crippen LogP contribution in [0.1, 0.15) is 11.1 Å². The molecule has 0 aliphatic carbocycles. The molecule has 0 bridgehead atoms. The van der Waals surface area contributed by atoms with Gasteiger partial charge >= 0.3 is 5.69 Å². The molecule has 0 N–H and O–H groups in total. The van der Waals surface area contributed by atoms with Crippen molar-refractivity contribution in [2.75, 3.05) is 0 Å². The summed E-state index contributed by atoms with van der Waals surface area (Å²) in [5, 5.41) is 5.54. The van der Waals surface area contributed by atoms with Crippen molar-refractivity contribution in [1.29, 1.82) is 0 Å². The first-order valence-electron chi connectivity index (χ1n) is 9.40. The molecule has 0 spiro atoms. The van der Waals surface area contributed by atoms with Crippen molar-refractivity contribution in [1.82, 2.24) is 19.2 Å². The molecule has 2 aromatic heterocycles. The number of fused-ring (bicyclic) bond motifs is 3. The largest absolute Gasteiger partial charge is 0.351 e. The maximum atomic E-state index is 13.4. The Labute approximate surface area is 176 Å². The van der Waals surface area contributed by atoms with Gasteiger partial charge in [-0.25, -0.2) is 14.2 Å². The van der Waals surface area contributed by atoms with Crippen LogP contribution in [0.5, 0.6) is 0 Å². The fourth-order valence-electron chi connectivity index (χ4n) is 3.53. The van der Waals surface area contributed by atoms with E-state index in [9.17, 15) is 9.18 Å². The smallest absolute Gasteiger partial charge is 0.287 e. The van der Waals surface area contributed by atoms with E-state index in [0.29, 0.717) is 22.6 Å². The Kier molecular flexibility index (Phi) is 4.37. The molecule has 5 nitrogen and oxygen atoms in total. The molecule has 0 saturated carbocycles. The van der Waals surface area contributed by atoms with Crippen LogP contribution in [0.4, 0.5) is 4.39 Å². The second-order valence-corrected chi connectivity index (χ2v) is 7.57. The van der Waals surface area contributed by atoms with Gasteiger partial charge in [0.05, 0.1) is 12.1 Å². The first kappa shape index (κ1) is 18.5. The molecule has 0 aliphatic rings. The second-order valence-electron chi connectivity index (χ2n) is 7.16. The lowest BCUT2D eigenvalue weighted by Gasteiger charge is -2.12. The number of nitrogens with zero attached hydrogens (tertiary/aromatic N) is 4. The minimum atomic E-state index is -0.421. The number of aryl methyl sites for hydroxylation is 1. The van der Waals surface area contributed by atoms with Gasteiger partial charge in [0.1, 0.15) is 5.82 Å². The molecule has 0 unspecified atom stereocenters. The summed E-state index contributed by atoms with van der Waals surface area (Å²) >= 11 is 6.21. The molecule has 7 heteroatoms. The molecular weight excluding hydrogens is 403 g/mol. The van der Waals surface area contributed by atoms with Crippen molar-refractivity contribution in [2.24, 2.45) is 0 Å². The number of halogens is 2. The Morgan fingerprint density at radius 2 is 1.80 bits per heavy atom. The molecule has 0 aliphatic heterocycles. The minimum absolute atomic E-state index is 0.189. The average molecular weight is 419 g/mol. The molecule has 5 rings (SSSR count). The maximum absolute atomic E-state index is 13.4. The number of aromatic nitrogens is 4. The summed E-state index contributed by atoms with van der Waals surface area (Å²) in [5.74, 6) is 0.0604. The summed E-state index contributed by atoms with van der Waals surface area (Å²) in [5.41, 5.74) is 3.47. The predicted molar refractivity (Wildman–Crippen MR) is 115 cm³/mol. The van der Waals surface area contributed by atoms with Crippen LogP contribution in [0.2, 0.25) is 5.02 Å². The fraction of sp³-hybridized carbons (Fsp3) is 0.0870. The molecule has 5 aromatic rings. The van der Waals surface area contributed by atoms with E-state index >= 15 is 0 Å². The van der Waals surface area contributed by atoms with Crippen molar-refractivity contribution in [3.8, 4) is 11.4 Å². The lowest BCUT2D eigenvalue weighted by molar-refractivity contribution is 0.626. The van der Waals surface area contributed by atoms with E-state index in [1.807, 2.05) is 55.5 Å². The Morgan fingerprint density at radius 3 is 2.57 bits per heavy atom. The molecule has 2 heterocycles. The highest BCUT2D eigenvalue weighted by atomic mass is 35.5. The van der Waals surface area contributed by atoms with Crippen molar-refractivity contribution in [3.63, 3.8) is 0 Å². The molecule has 0 fully saturated rings. The van der Waals surface area contributed by atoms with Crippen molar-refractivity contribution in [3.05, 3.63) is 99.2 Å². The van der Waals surface area contributed by atoms with Crippen molar-refractivity contribution in [2.45, 2.75) is 13.5 Å². The molecule has 30 heavy (non-hydrogen) atoms. The number of hydrogen-bond acceptors (Lipinski definition) is 3. The lowest BCUT2D eigenvalue weighted by Crippen LogP contribution is -2.28. The Hall–Kier alpha value is -3.51. The quantitative estimate of drug-likeness (QED) is 0.420. The van der Waals surface area contributed by atoms with Crippen LogP contribution in [0.25, 0.3) is 27.9 Å². The number of rotatable bonds is 3. The van der Waals surface area contributed by atoms with Crippen LogP contribution in [0.15, 0.2) is 71.5 Å². The van der Waals surface area contributed by atoms with Gasteiger partial charge in [-0.3, -0.25) is 4.57 Å². The van der Waals surface area contributed by atoms with Crippen LogP contribution in [-0.4, -0.2) is 19.2 Å². The second kappa shape index (κ2) is 7.07. The van der Waals surface area contributed by atoms with E-state index in [2.05, 4.69) is 10.1 Å². The topological polar surface area (TPSA) is 52.2 Å². The zero-order valence-electron chi connectivity index (χ0n) is 16.0. The van der Waals surface area contributed by atoms with E-state index in [1.165, 1.54) is 16.6 Å². The summed E-state index contributed by atoms with van der Waals surface area (Å²) in [4.78, 5) is 18.0. The molecule has 0 amide bonds. The highest BCUT2D eigenvalue weighted by molar-refractivity contribution is 6.31. The van der Waals surface area contributed by atoms with Crippen LogP contribution >= 0.6 is 11.6 Å². The number of benzene rings is 3. The maximum Gasteiger partial charge on any atom is 0.351 e. The number of hydrogen-bond donors (Lipinski definition) is 0. The number of para-hydroxylation sites is 1. The first-order chi connectivity index (χ1) is 14.5. The summed E-state index contributed by atoms with van der Waals surface area (Å²) < 4.78 is 16.3. The third-order valence-electron chi connectivity index (χ3n) is 5.11. The van der Waals surface area contributed by atoms with Gasteiger partial charge in [-0.15, -0.1) is 5.10 Å². The highest BCUT2D eigenvalue weighted by Gasteiger charge is 2.16. The van der Waals surface area contributed by atoms with E-state index in [0.717, 1.165) is 16.5 Å². The SMILES string of the molecule is Cc1ccc(-c2nc3c4ccccc4n(Cc4ccc(F)cc4Cl)c(=O)n3n2)cc1. The van der Waals surface area contributed by atoms with Gasteiger partial charge in [0.15, 0.2) is 11.5 Å². The Morgan fingerprint density at radius 1 is 1.03 bits per heavy atom. The van der Waals surface area contributed by atoms with E-state index < -0.39 is 5.82 Å². The molecule has 3 aromatic carbocycles. The lowest BCUT2D eigenvalue weighted by atomic mass is 10.1. The summed E-state index contributed by atoms with van der Waals surface area (Å²) in [6.45, 7) is 2.20. The highest BCUT2D eigenvalue weighted by Crippen LogP contribution is 2.23. The van der Waals surface area contributed by atoms with Gasteiger partial charge in [0, 0.05) is 16.0 Å². The van der Waals surface area contributed by atoms with Gasteiger partial charge < -0.3 is 0 Å². The third-order valence-corrected chi connectivity index (χ3v) is 5.46. The van der Waals surface area contributed by atoms with Gasteiger partial charge in [-0.2, -0.15) is 4.52 Å². The van der Waals surface area contributed by atoms with Gasteiger partial charge in [0.2, 0.25) is 0 Å². The zero-order valence-corrected chi connectivity index (χ0v) is 16.8. The van der Waals surface area contributed by atoms with Gasteiger partial charge in [-0.1, -0.05) is 59.6 Å². The van der Waals surface area contributed by atoms with E-state index in [1.54, 1.807) is 10.6 Å². The van der Waals surface area contributed by atoms with E-state index in [-0.39, 0.29) is 17.3 Å². The first-order valence-corrected chi connectivity index (χ1v) is 9.78. The average Bonchev–Trinajstić information content (AvgIpc) is 3.19. The van der Waals surface area contributed by atoms with Crippen LogP contribution in [-0.2, 0) is 6.54 Å². The zero-order chi connectivity index (χ0) is 20.8. The minimum Gasteiger partial charge on any atom is -0.287 e. The Balaban J connectivity index is 1.75. The van der Waals surface area contributed by atoms with Crippen LogP contribution < -0.4 is 5.69 Å². The van der Waals surface area contributed by atoms with Crippen LogP contribution in [0, 0.1) is 12.7 Å². The normalized spacial score (nSPS) is 11.4. The van der Waals surface area contributed by atoms with Crippen molar-refractivity contribution < 1.29 is 4.39 Å². The standard InChI is InChI=1S/C23H16ClFN4O/c1-14-6-8-15(9-7-14)21-26-22-18-4-2-3-5-20(18)28(23(30)29(22)27-21)13-16-10-11-17(25)12-19(16)24/h2-12H,13H2,1H3. The van der Waals surface area contributed by atoms with Crippen molar-refractivity contribution >= 4 is 28.2 Å². The molecular formula is C23H16ClFN4O. The summed E-state index contributed by atoms with van der Waals surface area (Å²) in [6.07, 6.45) is 0.